The quantitative estimate of drug-likeness (QED) is 0.930. The maximum Gasteiger partial charge on any atom is 0.320 e. The van der Waals surface area contributed by atoms with Crippen molar-refractivity contribution in [2.75, 3.05) is 26.2 Å². The Labute approximate surface area is 122 Å². The molecule has 104 valence electrons. The van der Waals surface area contributed by atoms with Gasteiger partial charge in [-0.25, -0.2) is 4.79 Å². The third kappa shape index (κ3) is 2.88. The van der Waals surface area contributed by atoms with Crippen molar-refractivity contribution in [2.24, 2.45) is 0 Å². The number of carbonyl (C=O) groups excluding carboxylic acids is 1. The average Bonchev–Trinajstić information content (AvgIpc) is 2.99. The van der Waals surface area contributed by atoms with Gasteiger partial charge in [-0.2, -0.15) is 0 Å². The molecular formula is C13H18ClN3OS. The van der Waals surface area contributed by atoms with Crippen LogP contribution < -0.4 is 5.32 Å². The topological polar surface area (TPSA) is 35.6 Å². The zero-order valence-electron chi connectivity index (χ0n) is 10.8. The lowest BCUT2D eigenvalue weighted by atomic mass is 10.1. The van der Waals surface area contributed by atoms with Crippen molar-refractivity contribution >= 4 is 29.0 Å². The highest BCUT2D eigenvalue weighted by Gasteiger charge is 2.34. The van der Waals surface area contributed by atoms with Crippen molar-refractivity contribution in [1.82, 2.24) is 15.1 Å². The van der Waals surface area contributed by atoms with Gasteiger partial charge in [0.2, 0.25) is 0 Å². The van der Waals surface area contributed by atoms with Crippen LogP contribution in [0.5, 0.6) is 0 Å². The molecule has 0 aromatic carbocycles. The monoisotopic (exact) mass is 299 g/mol. The molecule has 1 aromatic rings. The van der Waals surface area contributed by atoms with Crippen LogP contribution in [0.3, 0.4) is 0 Å². The molecule has 4 nitrogen and oxygen atoms in total. The van der Waals surface area contributed by atoms with E-state index < -0.39 is 0 Å². The van der Waals surface area contributed by atoms with Crippen LogP contribution in [0.4, 0.5) is 4.79 Å². The molecule has 0 bridgehead atoms. The van der Waals surface area contributed by atoms with E-state index in [1.165, 1.54) is 0 Å². The second-order valence-electron chi connectivity index (χ2n) is 5.08. The zero-order valence-corrected chi connectivity index (χ0v) is 12.3. The van der Waals surface area contributed by atoms with Crippen molar-refractivity contribution in [1.29, 1.82) is 0 Å². The summed E-state index contributed by atoms with van der Waals surface area (Å²) < 4.78 is 0.789. The lowest BCUT2D eigenvalue weighted by Gasteiger charge is -2.31. The molecule has 2 amide bonds. The Morgan fingerprint density at radius 2 is 2.11 bits per heavy atom. The van der Waals surface area contributed by atoms with Crippen LogP contribution >= 0.6 is 22.9 Å². The van der Waals surface area contributed by atoms with E-state index in [0.29, 0.717) is 12.6 Å². The second-order valence-corrected chi connectivity index (χ2v) is 6.88. The number of nitrogens with one attached hydrogen (secondary N) is 1. The molecule has 19 heavy (non-hydrogen) atoms. The molecule has 3 heterocycles. The highest BCUT2D eigenvalue weighted by atomic mass is 35.5. The van der Waals surface area contributed by atoms with Gasteiger partial charge in [0, 0.05) is 24.0 Å². The predicted octanol–water partition coefficient (Wildman–Crippen LogP) is 2.39. The van der Waals surface area contributed by atoms with Crippen LogP contribution in [-0.4, -0.2) is 48.1 Å². The molecule has 3 rings (SSSR count). The number of halogens is 1. The van der Waals surface area contributed by atoms with Crippen molar-refractivity contribution in [3.8, 4) is 0 Å². The number of amides is 2. The maximum atomic E-state index is 12.4. The molecule has 2 fully saturated rings. The van der Waals surface area contributed by atoms with Crippen LogP contribution in [0.1, 0.15) is 17.7 Å². The first kappa shape index (κ1) is 13.2. The van der Waals surface area contributed by atoms with Crippen LogP contribution in [0.2, 0.25) is 4.34 Å². The number of hydrogen-bond acceptors (Lipinski definition) is 3. The fourth-order valence-electron chi connectivity index (χ4n) is 2.83. The Balaban J connectivity index is 1.61. The Morgan fingerprint density at radius 3 is 2.79 bits per heavy atom. The molecule has 0 unspecified atom stereocenters. The summed E-state index contributed by atoms with van der Waals surface area (Å²) in [6.45, 7) is 4.43. The molecule has 0 aliphatic carbocycles. The van der Waals surface area contributed by atoms with Crippen molar-refractivity contribution in [3.63, 3.8) is 0 Å². The summed E-state index contributed by atoms with van der Waals surface area (Å²) in [7, 11) is 0. The standard InChI is InChI=1S/C13H18ClN3OS/c14-12-2-1-11(19-12)9-16-7-8-17(13(16)18)10-3-5-15-6-4-10/h1-2,10,15H,3-9H2. The summed E-state index contributed by atoms with van der Waals surface area (Å²) in [4.78, 5) is 17.6. The van der Waals surface area contributed by atoms with Crippen molar-refractivity contribution in [2.45, 2.75) is 25.4 Å². The van der Waals surface area contributed by atoms with Crippen LogP contribution in [-0.2, 0) is 6.54 Å². The fourth-order valence-corrected chi connectivity index (χ4v) is 3.93. The summed E-state index contributed by atoms with van der Waals surface area (Å²) in [5.74, 6) is 0. The zero-order chi connectivity index (χ0) is 13.2. The van der Waals surface area contributed by atoms with Crippen LogP contribution in [0, 0.1) is 0 Å². The lowest BCUT2D eigenvalue weighted by Crippen LogP contribution is -2.45. The number of carbonyl (C=O) groups is 1. The van der Waals surface area contributed by atoms with E-state index in [1.54, 1.807) is 11.3 Å². The van der Waals surface area contributed by atoms with E-state index in [0.717, 1.165) is 48.2 Å². The predicted molar refractivity (Wildman–Crippen MR) is 77.7 cm³/mol. The number of urea groups is 1. The summed E-state index contributed by atoms with van der Waals surface area (Å²) in [6.07, 6.45) is 2.15. The summed E-state index contributed by atoms with van der Waals surface area (Å²) in [6, 6.07) is 4.52. The van der Waals surface area contributed by atoms with Gasteiger partial charge in [0.25, 0.3) is 0 Å². The van der Waals surface area contributed by atoms with Gasteiger partial charge in [-0.1, -0.05) is 11.6 Å². The first-order valence-electron chi connectivity index (χ1n) is 6.74. The van der Waals surface area contributed by atoms with Gasteiger partial charge in [-0.15, -0.1) is 11.3 Å². The van der Waals surface area contributed by atoms with Crippen LogP contribution in [0.15, 0.2) is 12.1 Å². The molecule has 1 aromatic heterocycles. The number of thiophene rings is 1. The smallest absolute Gasteiger partial charge is 0.320 e. The minimum Gasteiger partial charge on any atom is -0.320 e. The third-order valence-corrected chi connectivity index (χ3v) is 5.07. The molecule has 6 heteroatoms. The second kappa shape index (κ2) is 5.69. The SMILES string of the molecule is O=C1N(Cc2ccc(Cl)s2)CCN1C1CCNCC1. The molecule has 2 aliphatic rings. The first-order chi connectivity index (χ1) is 9.24. The Hall–Kier alpha value is -0.780. The minimum absolute atomic E-state index is 0.191. The molecular weight excluding hydrogens is 282 g/mol. The summed E-state index contributed by atoms with van der Waals surface area (Å²) >= 11 is 7.49. The molecule has 2 aliphatic heterocycles. The van der Waals surface area contributed by atoms with Gasteiger partial charge in [0.15, 0.2) is 0 Å². The van der Waals surface area contributed by atoms with Gasteiger partial charge in [-0.3, -0.25) is 0 Å². The van der Waals surface area contributed by atoms with Crippen molar-refractivity contribution in [3.05, 3.63) is 21.3 Å². The third-order valence-electron chi connectivity index (χ3n) is 3.85. The summed E-state index contributed by atoms with van der Waals surface area (Å²) in [5, 5.41) is 3.34. The van der Waals surface area contributed by atoms with E-state index >= 15 is 0 Å². The lowest BCUT2D eigenvalue weighted by molar-refractivity contribution is 0.165. The molecule has 1 N–H and O–H groups in total. The average molecular weight is 300 g/mol. The minimum atomic E-state index is 0.191. The normalized spacial score (nSPS) is 21.4. The van der Waals surface area contributed by atoms with E-state index in [1.807, 2.05) is 17.0 Å². The summed E-state index contributed by atoms with van der Waals surface area (Å²) in [5.41, 5.74) is 0. The van der Waals surface area contributed by atoms with Gasteiger partial charge in [-0.05, 0) is 38.1 Å². The number of piperidine rings is 1. The maximum absolute atomic E-state index is 12.4. The molecule has 2 saturated heterocycles. The highest BCUT2D eigenvalue weighted by Crippen LogP contribution is 2.25. The number of rotatable bonds is 3. The van der Waals surface area contributed by atoms with Gasteiger partial charge >= 0.3 is 6.03 Å². The van der Waals surface area contributed by atoms with Gasteiger partial charge < -0.3 is 15.1 Å². The Kier molecular flexibility index (Phi) is 3.96. The molecule has 0 spiro atoms. The molecule has 0 radical (unpaired) electrons. The Morgan fingerprint density at radius 1 is 1.32 bits per heavy atom. The first-order valence-corrected chi connectivity index (χ1v) is 7.94. The fraction of sp³-hybridized carbons (Fsp3) is 0.615. The van der Waals surface area contributed by atoms with Gasteiger partial charge in [0.05, 0.1) is 10.9 Å². The number of nitrogens with zero attached hydrogens (tertiary/aromatic N) is 2. The van der Waals surface area contributed by atoms with Crippen molar-refractivity contribution < 1.29 is 4.79 Å². The Bertz CT molecular complexity index is 458. The van der Waals surface area contributed by atoms with E-state index in [4.69, 9.17) is 11.6 Å². The highest BCUT2D eigenvalue weighted by molar-refractivity contribution is 7.16. The van der Waals surface area contributed by atoms with Gasteiger partial charge in [0.1, 0.15) is 0 Å². The largest absolute Gasteiger partial charge is 0.320 e. The van der Waals surface area contributed by atoms with E-state index in [2.05, 4.69) is 10.2 Å². The van der Waals surface area contributed by atoms with E-state index in [9.17, 15) is 4.79 Å². The van der Waals surface area contributed by atoms with E-state index in [-0.39, 0.29) is 6.03 Å². The number of hydrogen-bond donors (Lipinski definition) is 1. The molecule has 0 saturated carbocycles. The molecule has 0 atom stereocenters. The van der Waals surface area contributed by atoms with Crippen LogP contribution in [0.25, 0.3) is 0 Å².